The molecule has 1 aromatic rings. The number of nitrogens with two attached hydrogens (primary N) is 1. The summed E-state index contributed by atoms with van der Waals surface area (Å²) in [5.41, 5.74) is 5.62. The number of piperazine rings is 1. The largest absolute Gasteiger partial charge is 0.383 e. The number of hydrogen-bond donors (Lipinski definition) is 3. The summed E-state index contributed by atoms with van der Waals surface area (Å²) in [4.78, 5) is 35.1. The van der Waals surface area contributed by atoms with Crippen LogP contribution in [-0.4, -0.2) is 45.9 Å². The summed E-state index contributed by atoms with van der Waals surface area (Å²) in [6.45, 7) is -0.315. The number of carbonyl (C=O) groups is 3. The van der Waals surface area contributed by atoms with Crippen molar-refractivity contribution in [2.24, 2.45) is 0 Å². The maximum Gasteiger partial charge on any atom is 0.260 e. The molecule has 0 atom stereocenters. The number of anilines is 1. The average molecular weight is 223 g/mol. The van der Waals surface area contributed by atoms with Crippen molar-refractivity contribution < 1.29 is 14.4 Å². The highest BCUT2D eigenvalue weighted by molar-refractivity contribution is 6.06. The van der Waals surface area contributed by atoms with Gasteiger partial charge in [0.15, 0.2) is 0 Å². The minimum Gasteiger partial charge on any atom is -0.383 e. The average Bonchev–Trinajstić information content (AvgIpc) is 2.62. The van der Waals surface area contributed by atoms with Gasteiger partial charge < -0.3 is 10.6 Å². The Morgan fingerprint density at radius 2 is 2.00 bits per heavy atom. The third kappa shape index (κ3) is 1.72. The van der Waals surface area contributed by atoms with Crippen LogP contribution in [0.1, 0.15) is 10.4 Å². The number of rotatable bonds is 1. The third-order valence-corrected chi connectivity index (χ3v) is 2.13. The van der Waals surface area contributed by atoms with Gasteiger partial charge in [0.25, 0.3) is 5.91 Å². The Hall–Kier alpha value is -2.38. The number of aromatic amines is 1. The molecule has 2 rings (SSSR count). The van der Waals surface area contributed by atoms with E-state index in [1.807, 2.05) is 0 Å². The molecule has 16 heavy (non-hydrogen) atoms. The molecule has 0 bridgehead atoms. The van der Waals surface area contributed by atoms with Crippen LogP contribution in [0.25, 0.3) is 0 Å². The minimum absolute atomic E-state index is 0.114. The number of amides is 3. The van der Waals surface area contributed by atoms with Gasteiger partial charge in [-0.15, -0.1) is 0 Å². The zero-order valence-electron chi connectivity index (χ0n) is 8.19. The number of carbonyl (C=O) groups excluding carboxylic acids is 3. The molecule has 1 aliphatic rings. The zero-order chi connectivity index (χ0) is 11.7. The van der Waals surface area contributed by atoms with Crippen molar-refractivity contribution in [3.63, 3.8) is 0 Å². The Balaban J connectivity index is 2.19. The monoisotopic (exact) mass is 223 g/mol. The lowest BCUT2D eigenvalue weighted by molar-refractivity contribution is -0.135. The van der Waals surface area contributed by atoms with Gasteiger partial charge in [0, 0.05) is 0 Å². The van der Waals surface area contributed by atoms with Gasteiger partial charge in [-0.2, -0.15) is 5.10 Å². The molecule has 8 nitrogen and oxygen atoms in total. The second-order valence-corrected chi connectivity index (χ2v) is 3.33. The van der Waals surface area contributed by atoms with Gasteiger partial charge in [0.1, 0.15) is 24.5 Å². The second-order valence-electron chi connectivity index (χ2n) is 3.33. The molecule has 4 N–H and O–H groups in total. The molecule has 84 valence electrons. The summed E-state index contributed by atoms with van der Waals surface area (Å²) in [5.74, 6) is -1.39. The van der Waals surface area contributed by atoms with Crippen molar-refractivity contribution in [2.45, 2.75) is 0 Å². The van der Waals surface area contributed by atoms with Crippen LogP contribution < -0.4 is 11.1 Å². The Bertz CT molecular complexity index is 450. The number of nitrogens with one attached hydrogen (secondary N) is 2. The van der Waals surface area contributed by atoms with Crippen molar-refractivity contribution in [1.29, 1.82) is 0 Å². The lowest BCUT2D eigenvalue weighted by Crippen LogP contribution is -2.53. The Labute approximate surface area is 89.8 Å². The van der Waals surface area contributed by atoms with Gasteiger partial charge in [-0.05, 0) is 0 Å². The molecule has 0 saturated carbocycles. The van der Waals surface area contributed by atoms with Gasteiger partial charge in [-0.25, -0.2) is 0 Å². The molecule has 1 fully saturated rings. The summed E-state index contributed by atoms with van der Waals surface area (Å²) >= 11 is 0. The first-order chi connectivity index (χ1) is 7.58. The quantitative estimate of drug-likeness (QED) is 0.480. The van der Waals surface area contributed by atoms with E-state index < -0.39 is 17.7 Å². The van der Waals surface area contributed by atoms with Gasteiger partial charge in [-0.3, -0.25) is 24.8 Å². The van der Waals surface area contributed by atoms with Crippen LogP contribution in [-0.2, 0) is 9.59 Å². The fourth-order valence-corrected chi connectivity index (χ4v) is 1.42. The number of hydrogen-bond acceptors (Lipinski definition) is 5. The van der Waals surface area contributed by atoms with Crippen LogP contribution in [0.15, 0.2) is 6.20 Å². The molecule has 8 heteroatoms. The number of aromatic nitrogens is 2. The van der Waals surface area contributed by atoms with E-state index >= 15 is 0 Å². The SMILES string of the molecule is Nc1[nH]ncc1C(=O)N1CC(=O)NC(=O)C1. The molecule has 0 aliphatic carbocycles. The molecular weight excluding hydrogens is 214 g/mol. The second kappa shape index (κ2) is 3.65. The molecule has 1 aliphatic heterocycles. The summed E-state index contributed by atoms with van der Waals surface area (Å²) in [7, 11) is 0. The number of imide groups is 1. The number of nitrogen functional groups attached to an aromatic ring is 1. The molecule has 0 aromatic carbocycles. The maximum absolute atomic E-state index is 11.8. The zero-order valence-corrected chi connectivity index (χ0v) is 8.19. The van der Waals surface area contributed by atoms with Gasteiger partial charge in [-0.1, -0.05) is 0 Å². The van der Waals surface area contributed by atoms with Crippen molar-refractivity contribution in [3.8, 4) is 0 Å². The first-order valence-electron chi connectivity index (χ1n) is 4.48. The van der Waals surface area contributed by atoms with Gasteiger partial charge in [0.2, 0.25) is 11.8 Å². The van der Waals surface area contributed by atoms with E-state index in [2.05, 4.69) is 15.5 Å². The van der Waals surface area contributed by atoms with E-state index in [1.54, 1.807) is 0 Å². The fourth-order valence-electron chi connectivity index (χ4n) is 1.42. The standard InChI is InChI=1S/C8H9N5O3/c9-7-4(1-10-12-7)8(16)13-2-5(14)11-6(15)3-13/h1H,2-3H2,(H3,9,10,12)(H,11,14,15). The van der Waals surface area contributed by atoms with Crippen LogP contribution in [0.5, 0.6) is 0 Å². The first-order valence-corrected chi connectivity index (χ1v) is 4.48. The van der Waals surface area contributed by atoms with E-state index in [-0.39, 0.29) is 24.5 Å². The van der Waals surface area contributed by atoms with Gasteiger partial charge >= 0.3 is 0 Å². The van der Waals surface area contributed by atoms with Crippen molar-refractivity contribution in [1.82, 2.24) is 20.4 Å². The highest BCUT2D eigenvalue weighted by atomic mass is 16.2. The lowest BCUT2D eigenvalue weighted by Gasteiger charge is -2.24. The first kappa shape index (κ1) is 10.1. The Kier molecular flexibility index (Phi) is 2.31. The van der Waals surface area contributed by atoms with E-state index in [4.69, 9.17) is 5.73 Å². The van der Waals surface area contributed by atoms with Crippen molar-refractivity contribution >= 4 is 23.5 Å². The topological polar surface area (TPSA) is 121 Å². The molecule has 0 spiro atoms. The summed E-state index contributed by atoms with van der Waals surface area (Å²) in [5, 5.41) is 8.10. The van der Waals surface area contributed by atoms with E-state index in [0.29, 0.717) is 0 Å². The van der Waals surface area contributed by atoms with E-state index in [0.717, 1.165) is 4.90 Å². The molecular formula is C8H9N5O3. The van der Waals surface area contributed by atoms with Crippen LogP contribution in [0.2, 0.25) is 0 Å². The van der Waals surface area contributed by atoms with Crippen LogP contribution in [0.4, 0.5) is 5.82 Å². The molecule has 1 aromatic heterocycles. The number of H-pyrrole nitrogens is 1. The maximum atomic E-state index is 11.8. The Morgan fingerprint density at radius 1 is 1.38 bits per heavy atom. The normalized spacial score (nSPS) is 16.1. The smallest absolute Gasteiger partial charge is 0.260 e. The van der Waals surface area contributed by atoms with Crippen LogP contribution in [0.3, 0.4) is 0 Å². The third-order valence-electron chi connectivity index (χ3n) is 2.13. The van der Waals surface area contributed by atoms with Gasteiger partial charge in [0.05, 0.1) is 6.20 Å². The molecule has 1 saturated heterocycles. The van der Waals surface area contributed by atoms with Crippen LogP contribution in [0, 0.1) is 0 Å². The summed E-state index contributed by atoms with van der Waals surface area (Å²) in [6, 6.07) is 0. The predicted molar refractivity (Wildman–Crippen MR) is 52.1 cm³/mol. The fraction of sp³-hybridized carbons (Fsp3) is 0.250. The minimum atomic E-state index is -0.508. The Morgan fingerprint density at radius 3 is 2.50 bits per heavy atom. The predicted octanol–water partition coefficient (Wildman–Crippen LogP) is -1.91. The summed E-state index contributed by atoms with van der Waals surface area (Å²) < 4.78 is 0. The van der Waals surface area contributed by atoms with E-state index in [1.165, 1.54) is 6.20 Å². The molecule has 3 amide bonds. The van der Waals surface area contributed by atoms with Crippen molar-refractivity contribution in [2.75, 3.05) is 18.8 Å². The van der Waals surface area contributed by atoms with Crippen molar-refractivity contribution in [3.05, 3.63) is 11.8 Å². The lowest BCUT2D eigenvalue weighted by atomic mass is 10.2. The van der Waals surface area contributed by atoms with E-state index in [9.17, 15) is 14.4 Å². The highest BCUT2D eigenvalue weighted by Crippen LogP contribution is 2.10. The highest BCUT2D eigenvalue weighted by Gasteiger charge is 2.28. The summed E-state index contributed by atoms with van der Waals surface area (Å²) in [6.07, 6.45) is 1.26. The molecule has 2 heterocycles. The number of nitrogens with zero attached hydrogens (tertiary/aromatic N) is 2. The molecule has 0 radical (unpaired) electrons. The molecule has 0 unspecified atom stereocenters. The van der Waals surface area contributed by atoms with Crippen LogP contribution >= 0.6 is 0 Å².